The maximum atomic E-state index is 12.6. The first-order valence-electron chi connectivity index (χ1n) is 5.35. The van der Waals surface area contributed by atoms with E-state index >= 15 is 0 Å². The van der Waals surface area contributed by atoms with E-state index < -0.39 is 0 Å². The minimum atomic E-state index is -0.340. The van der Waals surface area contributed by atoms with Gasteiger partial charge in [-0.25, -0.2) is 4.39 Å². The molecule has 0 aliphatic rings. The largest absolute Gasteiger partial charge is 0.382 e. The van der Waals surface area contributed by atoms with Crippen molar-refractivity contribution in [3.63, 3.8) is 0 Å². The molecule has 0 heterocycles. The van der Waals surface area contributed by atoms with E-state index in [-0.39, 0.29) is 11.7 Å². The fourth-order valence-electron chi connectivity index (χ4n) is 1.22. The molecule has 1 amide bonds. The smallest absolute Gasteiger partial charge is 0.251 e. The van der Waals surface area contributed by atoms with Crippen molar-refractivity contribution < 1.29 is 13.9 Å². The molecule has 3 nitrogen and oxygen atoms in total. The van der Waals surface area contributed by atoms with E-state index in [1.54, 1.807) is 0 Å². The Labute approximate surface area is 94.6 Å². The molecule has 0 spiro atoms. The van der Waals surface area contributed by atoms with E-state index in [1.807, 2.05) is 6.92 Å². The first-order valence-corrected chi connectivity index (χ1v) is 5.35. The summed E-state index contributed by atoms with van der Waals surface area (Å²) < 4.78 is 17.7. The van der Waals surface area contributed by atoms with E-state index in [1.165, 1.54) is 24.3 Å². The monoisotopic (exact) mass is 225 g/mol. The summed E-state index contributed by atoms with van der Waals surface area (Å²) in [5, 5.41) is 2.74. The summed E-state index contributed by atoms with van der Waals surface area (Å²) in [5.41, 5.74) is 0.470. The van der Waals surface area contributed by atoms with Gasteiger partial charge in [0.15, 0.2) is 0 Å². The third-order valence-corrected chi connectivity index (χ3v) is 2.06. The molecule has 88 valence electrons. The highest BCUT2D eigenvalue weighted by molar-refractivity contribution is 5.94. The number of carbonyl (C=O) groups excluding carboxylic acids is 1. The number of halogens is 1. The van der Waals surface area contributed by atoms with E-state index in [2.05, 4.69) is 5.32 Å². The number of nitrogens with one attached hydrogen (secondary N) is 1. The van der Waals surface area contributed by atoms with Gasteiger partial charge in [-0.2, -0.15) is 0 Å². The molecule has 0 bridgehead atoms. The zero-order chi connectivity index (χ0) is 11.8. The van der Waals surface area contributed by atoms with Crippen LogP contribution in [0, 0.1) is 5.82 Å². The van der Waals surface area contributed by atoms with Gasteiger partial charge in [-0.3, -0.25) is 4.79 Å². The van der Waals surface area contributed by atoms with Crippen molar-refractivity contribution in [1.29, 1.82) is 0 Å². The SMILES string of the molecule is CCOCCCNC(=O)c1ccc(F)cc1. The lowest BCUT2D eigenvalue weighted by atomic mass is 10.2. The molecule has 0 aliphatic heterocycles. The normalized spacial score (nSPS) is 10.1. The van der Waals surface area contributed by atoms with Gasteiger partial charge in [0.05, 0.1) is 0 Å². The zero-order valence-electron chi connectivity index (χ0n) is 9.33. The Balaban J connectivity index is 2.27. The van der Waals surface area contributed by atoms with Crippen LogP contribution in [-0.4, -0.2) is 25.7 Å². The highest BCUT2D eigenvalue weighted by atomic mass is 19.1. The molecule has 1 rings (SSSR count). The Morgan fingerprint density at radius 2 is 2.06 bits per heavy atom. The summed E-state index contributed by atoms with van der Waals surface area (Å²) >= 11 is 0. The first kappa shape index (κ1) is 12.6. The van der Waals surface area contributed by atoms with E-state index in [9.17, 15) is 9.18 Å². The minimum Gasteiger partial charge on any atom is -0.382 e. The lowest BCUT2D eigenvalue weighted by Crippen LogP contribution is -2.25. The van der Waals surface area contributed by atoms with Crippen molar-refractivity contribution >= 4 is 5.91 Å². The van der Waals surface area contributed by atoms with E-state index in [0.717, 1.165) is 6.42 Å². The van der Waals surface area contributed by atoms with Crippen LogP contribution in [0.15, 0.2) is 24.3 Å². The topological polar surface area (TPSA) is 38.3 Å². The van der Waals surface area contributed by atoms with Gasteiger partial charge in [-0.05, 0) is 37.6 Å². The molecule has 1 aromatic rings. The van der Waals surface area contributed by atoms with E-state index in [0.29, 0.717) is 25.3 Å². The highest BCUT2D eigenvalue weighted by Gasteiger charge is 2.03. The number of hydrogen-bond acceptors (Lipinski definition) is 2. The van der Waals surface area contributed by atoms with Crippen LogP contribution in [0.1, 0.15) is 23.7 Å². The lowest BCUT2D eigenvalue weighted by Gasteiger charge is -2.05. The number of ether oxygens (including phenoxy) is 1. The standard InChI is InChI=1S/C12H16FNO2/c1-2-16-9-3-8-14-12(15)10-4-6-11(13)7-5-10/h4-7H,2-3,8-9H2,1H3,(H,14,15). The Hall–Kier alpha value is -1.42. The van der Waals surface area contributed by atoms with Gasteiger partial charge in [-0.1, -0.05) is 0 Å². The van der Waals surface area contributed by atoms with Gasteiger partial charge < -0.3 is 10.1 Å². The van der Waals surface area contributed by atoms with Crippen molar-refractivity contribution in [1.82, 2.24) is 5.32 Å². The molecule has 0 saturated carbocycles. The van der Waals surface area contributed by atoms with Gasteiger partial charge in [0.1, 0.15) is 5.82 Å². The van der Waals surface area contributed by atoms with Crippen molar-refractivity contribution in [2.45, 2.75) is 13.3 Å². The molecule has 0 aromatic heterocycles. The van der Waals surface area contributed by atoms with Gasteiger partial charge in [0, 0.05) is 25.3 Å². The van der Waals surface area contributed by atoms with Crippen LogP contribution >= 0.6 is 0 Å². The van der Waals surface area contributed by atoms with Crippen LogP contribution in [0.4, 0.5) is 4.39 Å². The maximum absolute atomic E-state index is 12.6. The molecule has 0 unspecified atom stereocenters. The van der Waals surface area contributed by atoms with Gasteiger partial charge in [0.25, 0.3) is 5.91 Å². The summed E-state index contributed by atoms with van der Waals surface area (Å²) in [6, 6.07) is 5.48. The first-order chi connectivity index (χ1) is 7.74. The molecule has 0 atom stereocenters. The Morgan fingerprint density at radius 1 is 1.38 bits per heavy atom. The van der Waals surface area contributed by atoms with Crippen LogP contribution in [0.2, 0.25) is 0 Å². The predicted molar refractivity (Wildman–Crippen MR) is 59.8 cm³/mol. The summed E-state index contributed by atoms with van der Waals surface area (Å²) in [6.45, 7) is 3.82. The van der Waals surface area contributed by atoms with Crippen LogP contribution in [0.25, 0.3) is 0 Å². The zero-order valence-corrected chi connectivity index (χ0v) is 9.33. The predicted octanol–water partition coefficient (Wildman–Crippen LogP) is 1.98. The molecule has 0 fully saturated rings. The quantitative estimate of drug-likeness (QED) is 0.752. The lowest BCUT2D eigenvalue weighted by molar-refractivity contribution is 0.0944. The van der Waals surface area contributed by atoms with Crippen LogP contribution in [0.3, 0.4) is 0 Å². The third-order valence-electron chi connectivity index (χ3n) is 2.06. The van der Waals surface area contributed by atoms with E-state index in [4.69, 9.17) is 4.74 Å². The van der Waals surface area contributed by atoms with Crippen molar-refractivity contribution in [3.8, 4) is 0 Å². The van der Waals surface area contributed by atoms with Crippen LogP contribution < -0.4 is 5.32 Å². The van der Waals surface area contributed by atoms with Crippen LogP contribution in [-0.2, 0) is 4.74 Å². The molecule has 0 radical (unpaired) electrons. The van der Waals surface area contributed by atoms with Crippen molar-refractivity contribution in [3.05, 3.63) is 35.6 Å². The number of carbonyl (C=O) groups is 1. The number of hydrogen-bond donors (Lipinski definition) is 1. The number of benzene rings is 1. The second kappa shape index (κ2) is 6.95. The number of rotatable bonds is 6. The molecule has 0 aliphatic carbocycles. The molecule has 0 saturated heterocycles. The minimum absolute atomic E-state index is 0.184. The molecular weight excluding hydrogens is 209 g/mol. The fourth-order valence-corrected chi connectivity index (χ4v) is 1.22. The highest BCUT2D eigenvalue weighted by Crippen LogP contribution is 2.02. The molecule has 1 aromatic carbocycles. The summed E-state index contributed by atoms with van der Waals surface area (Å²) in [7, 11) is 0. The fraction of sp³-hybridized carbons (Fsp3) is 0.417. The maximum Gasteiger partial charge on any atom is 0.251 e. The molecular formula is C12H16FNO2. The average molecular weight is 225 g/mol. The average Bonchev–Trinajstić information content (AvgIpc) is 2.29. The van der Waals surface area contributed by atoms with Crippen molar-refractivity contribution in [2.75, 3.05) is 19.8 Å². The Morgan fingerprint density at radius 3 is 2.69 bits per heavy atom. The second-order valence-electron chi connectivity index (χ2n) is 3.31. The number of amides is 1. The van der Waals surface area contributed by atoms with Gasteiger partial charge in [0.2, 0.25) is 0 Å². The molecule has 1 N–H and O–H groups in total. The third kappa shape index (κ3) is 4.40. The summed E-state index contributed by atoms with van der Waals surface area (Å²) in [6.07, 6.45) is 0.779. The second-order valence-corrected chi connectivity index (χ2v) is 3.31. The summed E-state index contributed by atoms with van der Waals surface area (Å²) in [4.78, 5) is 11.5. The van der Waals surface area contributed by atoms with Crippen LogP contribution in [0.5, 0.6) is 0 Å². The Bertz CT molecular complexity index is 324. The summed E-state index contributed by atoms with van der Waals surface area (Å²) in [5.74, 6) is -0.524. The molecule has 16 heavy (non-hydrogen) atoms. The molecule has 4 heteroatoms. The van der Waals surface area contributed by atoms with Gasteiger partial charge in [-0.15, -0.1) is 0 Å². The van der Waals surface area contributed by atoms with Crippen molar-refractivity contribution in [2.24, 2.45) is 0 Å². The Kier molecular flexibility index (Phi) is 5.50. The van der Waals surface area contributed by atoms with Gasteiger partial charge >= 0.3 is 0 Å².